The summed E-state index contributed by atoms with van der Waals surface area (Å²) in [5.41, 5.74) is -0.985. The molecule has 0 aliphatic heterocycles. The number of hydrogen-bond donors (Lipinski definition) is 2. The number of hydrogen-bond acceptors (Lipinski definition) is 2. The van der Waals surface area contributed by atoms with Gasteiger partial charge in [-0.1, -0.05) is 13.8 Å². The van der Waals surface area contributed by atoms with Gasteiger partial charge in [-0.05, 0) is 51.4 Å². The zero-order valence-electron chi connectivity index (χ0n) is 9.88. The Bertz CT molecular complexity index is 193. The minimum Gasteiger partial charge on any atom is -0.390 e. The molecule has 0 aromatic rings. The van der Waals surface area contributed by atoms with Crippen LogP contribution in [0.3, 0.4) is 0 Å². The molecular formula is C12H24O2. The maximum Gasteiger partial charge on any atom is 0.0683 e. The minimum absolute atomic E-state index is 0.403. The monoisotopic (exact) mass is 200 g/mol. The van der Waals surface area contributed by atoms with Crippen molar-refractivity contribution in [3.05, 3.63) is 0 Å². The van der Waals surface area contributed by atoms with Gasteiger partial charge in [0.25, 0.3) is 0 Å². The lowest BCUT2D eigenvalue weighted by Crippen LogP contribution is -2.20. The van der Waals surface area contributed by atoms with Crippen molar-refractivity contribution >= 4 is 0 Å². The molecule has 0 radical (unpaired) electrons. The summed E-state index contributed by atoms with van der Waals surface area (Å²) in [5, 5.41) is 19.6. The van der Waals surface area contributed by atoms with E-state index in [2.05, 4.69) is 13.8 Å². The summed E-state index contributed by atoms with van der Waals surface area (Å²) in [6, 6.07) is 0. The first-order chi connectivity index (χ1) is 6.23. The van der Waals surface area contributed by atoms with E-state index in [4.69, 9.17) is 0 Å². The van der Waals surface area contributed by atoms with Gasteiger partial charge in [0.15, 0.2) is 0 Å². The average molecular weight is 200 g/mol. The van der Waals surface area contributed by atoms with Crippen LogP contribution in [0.1, 0.15) is 53.4 Å². The third-order valence-corrected chi connectivity index (χ3v) is 3.07. The van der Waals surface area contributed by atoms with E-state index in [1.807, 2.05) is 13.8 Å². The Morgan fingerprint density at radius 2 is 2.00 bits per heavy atom. The van der Waals surface area contributed by atoms with E-state index in [-0.39, 0.29) is 0 Å². The van der Waals surface area contributed by atoms with Gasteiger partial charge in [-0.25, -0.2) is 0 Å². The largest absolute Gasteiger partial charge is 0.390 e. The van der Waals surface area contributed by atoms with Crippen LogP contribution in [0.5, 0.6) is 0 Å². The van der Waals surface area contributed by atoms with Crippen molar-refractivity contribution in [3.8, 4) is 0 Å². The molecule has 1 rings (SSSR count). The molecule has 84 valence electrons. The Morgan fingerprint density at radius 3 is 2.43 bits per heavy atom. The summed E-state index contributed by atoms with van der Waals surface area (Å²) in [5.74, 6) is 0.989. The van der Waals surface area contributed by atoms with Gasteiger partial charge in [-0.3, -0.25) is 0 Å². The molecule has 0 saturated heterocycles. The van der Waals surface area contributed by atoms with Crippen molar-refractivity contribution in [2.45, 2.75) is 64.6 Å². The first kappa shape index (κ1) is 12.0. The highest BCUT2D eigenvalue weighted by Crippen LogP contribution is 2.50. The van der Waals surface area contributed by atoms with Crippen molar-refractivity contribution in [3.63, 3.8) is 0 Å². The molecular weight excluding hydrogens is 176 g/mol. The fourth-order valence-corrected chi connectivity index (χ4v) is 2.22. The van der Waals surface area contributed by atoms with Crippen LogP contribution in [0.25, 0.3) is 0 Å². The molecule has 2 nitrogen and oxygen atoms in total. The second kappa shape index (κ2) is 3.82. The number of aliphatic hydroxyl groups is 2. The first-order valence-corrected chi connectivity index (χ1v) is 5.68. The molecule has 1 aliphatic carbocycles. The highest BCUT2D eigenvalue weighted by Gasteiger charge is 2.52. The standard InChI is InChI=1S/C12H24O2/c1-9(2)7-12(14)8-10(12)5-6-11(3,4)13/h9-10,13-14H,5-8H2,1-4H3. The van der Waals surface area contributed by atoms with Gasteiger partial charge in [0, 0.05) is 0 Å². The summed E-state index contributed by atoms with van der Waals surface area (Å²) in [6.07, 6.45) is 3.58. The van der Waals surface area contributed by atoms with E-state index in [0.29, 0.717) is 11.8 Å². The maximum absolute atomic E-state index is 10.1. The van der Waals surface area contributed by atoms with Crippen LogP contribution < -0.4 is 0 Å². The summed E-state index contributed by atoms with van der Waals surface area (Å²) in [6.45, 7) is 7.94. The maximum atomic E-state index is 10.1. The highest BCUT2D eigenvalue weighted by atomic mass is 16.3. The van der Waals surface area contributed by atoms with Gasteiger partial charge in [0.05, 0.1) is 11.2 Å². The molecule has 2 atom stereocenters. The van der Waals surface area contributed by atoms with Crippen molar-refractivity contribution in [2.75, 3.05) is 0 Å². The third kappa shape index (κ3) is 3.58. The Kier molecular flexibility index (Phi) is 3.27. The van der Waals surface area contributed by atoms with Crippen molar-refractivity contribution in [1.29, 1.82) is 0 Å². The normalized spacial score (nSPS) is 32.4. The molecule has 0 aromatic carbocycles. The Hall–Kier alpha value is -0.0800. The van der Waals surface area contributed by atoms with Crippen LogP contribution >= 0.6 is 0 Å². The van der Waals surface area contributed by atoms with Gasteiger partial charge >= 0.3 is 0 Å². The van der Waals surface area contributed by atoms with Crippen LogP contribution in [0.15, 0.2) is 0 Å². The highest BCUT2D eigenvalue weighted by molar-refractivity contribution is 5.03. The molecule has 1 fully saturated rings. The molecule has 0 bridgehead atoms. The molecule has 2 N–H and O–H groups in total. The lowest BCUT2D eigenvalue weighted by Gasteiger charge is -2.18. The Balaban J connectivity index is 2.25. The summed E-state index contributed by atoms with van der Waals surface area (Å²) in [7, 11) is 0. The minimum atomic E-state index is -0.582. The second-order valence-corrected chi connectivity index (χ2v) is 5.95. The summed E-state index contributed by atoms with van der Waals surface area (Å²) >= 11 is 0. The Morgan fingerprint density at radius 1 is 1.43 bits per heavy atom. The van der Waals surface area contributed by atoms with E-state index in [9.17, 15) is 10.2 Å². The summed E-state index contributed by atoms with van der Waals surface area (Å²) in [4.78, 5) is 0. The van der Waals surface area contributed by atoms with Crippen molar-refractivity contribution in [1.82, 2.24) is 0 Å². The lowest BCUT2D eigenvalue weighted by molar-refractivity contribution is 0.0578. The van der Waals surface area contributed by atoms with Crippen LogP contribution in [-0.2, 0) is 0 Å². The molecule has 0 amide bonds. The van der Waals surface area contributed by atoms with E-state index in [1.165, 1.54) is 0 Å². The molecule has 2 unspecified atom stereocenters. The fraction of sp³-hybridized carbons (Fsp3) is 1.00. The first-order valence-electron chi connectivity index (χ1n) is 5.68. The van der Waals surface area contributed by atoms with Crippen molar-refractivity contribution in [2.24, 2.45) is 11.8 Å². The molecule has 14 heavy (non-hydrogen) atoms. The molecule has 2 heteroatoms. The summed E-state index contributed by atoms with van der Waals surface area (Å²) < 4.78 is 0. The number of rotatable bonds is 5. The smallest absolute Gasteiger partial charge is 0.0683 e. The van der Waals surface area contributed by atoms with E-state index in [1.54, 1.807) is 0 Å². The molecule has 0 aromatic heterocycles. The van der Waals surface area contributed by atoms with Gasteiger partial charge in [0.2, 0.25) is 0 Å². The molecule has 1 saturated carbocycles. The van der Waals surface area contributed by atoms with Crippen LogP contribution in [0.4, 0.5) is 0 Å². The molecule has 0 heterocycles. The predicted octanol–water partition coefficient (Wildman–Crippen LogP) is 2.33. The van der Waals surface area contributed by atoms with Gasteiger partial charge < -0.3 is 10.2 Å². The SMILES string of the molecule is CC(C)CC1(O)CC1CCC(C)(C)O. The lowest BCUT2D eigenvalue weighted by atomic mass is 9.97. The van der Waals surface area contributed by atoms with E-state index < -0.39 is 11.2 Å². The van der Waals surface area contributed by atoms with Gasteiger partial charge in [-0.2, -0.15) is 0 Å². The van der Waals surface area contributed by atoms with E-state index in [0.717, 1.165) is 25.7 Å². The van der Waals surface area contributed by atoms with Gasteiger partial charge in [-0.15, -0.1) is 0 Å². The molecule has 0 spiro atoms. The van der Waals surface area contributed by atoms with Crippen molar-refractivity contribution < 1.29 is 10.2 Å². The zero-order valence-corrected chi connectivity index (χ0v) is 9.88. The Labute approximate surface area is 87.3 Å². The van der Waals surface area contributed by atoms with Crippen LogP contribution in [0.2, 0.25) is 0 Å². The predicted molar refractivity (Wildman–Crippen MR) is 58.0 cm³/mol. The quantitative estimate of drug-likeness (QED) is 0.715. The van der Waals surface area contributed by atoms with E-state index >= 15 is 0 Å². The topological polar surface area (TPSA) is 40.5 Å². The fourth-order valence-electron chi connectivity index (χ4n) is 2.22. The van der Waals surface area contributed by atoms with Gasteiger partial charge in [0.1, 0.15) is 0 Å². The van der Waals surface area contributed by atoms with Crippen LogP contribution in [0, 0.1) is 11.8 Å². The third-order valence-electron chi connectivity index (χ3n) is 3.07. The second-order valence-electron chi connectivity index (χ2n) is 5.95. The zero-order chi connectivity index (χ0) is 11.0. The average Bonchev–Trinajstić information content (AvgIpc) is 2.54. The van der Waals surface area contributed by atoms with Crippen LogP contribution in [-0.4, -0.2) is 21.4 Å². The molecule has 1 aliphatic rings.